The van der Waals surface area contributed by atoms with E-state index in [4.69, 9.17) is 46.4 Å². The molecule has 0 atom stereocenters. The van der Waals surface area contributed by atoms with Crippen LogP contribution in [0.4, 0.5) is 0 Å². The van der Waals surface area contributed by atoms with E-state index in [1.165, 1.54) is 0 Å². The van der Waals surface area contributed by atoms with Gasteiger partial charge in [-0.15, -0.1) is 0 Å². The number of hydrogen-bond acceptors (Lipinski definition) is 0. The summed E-state index contributed by atoms with van der Waals surface area (Å²) in [6.07, 6.45) is 3.69. The molecule has 0 heterocycles. The molecule has 0 saturated heterocycles. The van der Waals surface area contributed by atoms with Crippen LogP contribution in [-0.2, 0) is 0 Å². The van der Waals surface area contributed by atoms with E-state index in [9.17, 15) is 0 Å². The van der Waals surface area contributed by atoms with E-state index in [0.29, 0.717) is 20.1 Å². The topological polar surface area (TPSA) is 0 Å². The van der Waals surface area contributed by atoms with E-state index in [2.05, 4.69) is 0 Å². The van der Waals surface area contributed by atoms with Gasteiger partial charge in [0.25, 0.3) is 0 Å². The van der Waals surface area contributed by atoms with Crippen molar-refractivity contribution in [2.45, 2.75) is 0 Å². The van der Waals surface area contributed by atoms with Gasteiger partial charge in [0.1, 0.15) is 0 Å². The van der Waals surface area contributed by atoms with Crippen molar-refractivity contribution in [2.24, 2.45) is 0 Å². The van der Waals surface area contributed by atoms with Crippen molar-refractivity contribution in [2.75, 3.05) is 0 Å². The molecular formula is C14H8Cl4. The van der Waals surface area contributed by atoms with Crippen LogP contribution in [0, 0.1) is 0 Å². The van der Waals surface area contributed by atoms with Crippen molar-refractivity contribution in [3.8, 4) is 0 Å². The Morgan fingerprint density at radius 2 is 1.39 bits per heavy atom. The highest BCUT2D eigenvalue weighted by atomic mass is 35.5. The molecule has 0 amide bonds. The van der Waals surface area contributed by atoms with Gasteiger partial charge < -0.3 is 0 Å². The molecule has 0 fully saturated rings. The maximum Gasteiger partial charge on any atom is 0.0493 e. The molecule has 0 N–H and O–H groups in total. The smallest absolute Gasteiger partial charge is 0.0493 e. The Hall–Kier alpha value is -0.660. The molecule has 0 saturated carbocycles. The molecule has 4 heteroatoms. The van der Waals surface area contributed by atoms with Gasteiger partial charge in [0.05, 0.1) is 0 Å². The summed E-state index contributed by atoms with van der Waals surface area (Å²) >= 11 is 24.0. The fourth-order valence-electron chi connectivity index (χ4n) is 1.48. The number of hydrogen-bond donors (Lipinski definition) is 0. The number of rotatable bonds is 2. The van der Waals surface area contributed by atoms with Crippen LogP contribution in [0.1, 0.15) is 11.1 Å². The Morgan fingerprint density at radius 1 is 0.722 bits per heavy atom. The molecule has 0 unspecified atom stereocenters. The summed E-state index contributed by atoms with van der Waals surface area (Å²) in [6.45, 7) is 0. The van der Waals surface area contributed by atoms with E-state index in [0.717, 1.165) is 11.1 Å². The van der Waals surface area contributed by atoms with Gasteiger partial charge in [-0.05, 0) is 29.8 Å². The van der Waals surface area contributed by atoms with Gasteiger partial charge in [-0.3, -0.25) is 0 Å². The molecule has 0 aliphatic carbocycles. The largest absolute Gasteiger partial charge is 0.0843 e. The van der Waals surface area contributed by atoms with Crippen molar-refractivity contribution in [3.63, 3.8) is 0 Å². The monoisotopic (exact) mass is 316 g/mol. The second-order valence-electron chi connectivity index (χ2n) is 3.63. The van der Waals surface area contributed by atoms with Gasteiger partial charge in [0, 0.05) is 25.7 Å². The number of halogens is 4. The molecule has 0 aliphatic heterocycles. The first kappa shape index (κ1) is 13.8. The number of benzene rings is 2. The van der Waals surface area contributed by atoms with Crippen molar-refractivity contribution in [1.29, 1.82) is 0 Å². The third-order valence-corrected chi connectivity index (χ3v) is 3.61. The highest BCUT2D eigenvalue weighted by Gasteiger charge is 2.02. The highest BCUT2D eigenvalue weighted by Crippen LogP contribution is 2.28. The van der Waals surface area contributed by atoms with Gasteiger partial charge in [-0.2, -0.15) is 0 Å². The lowest BCUT2D eigenvalue weighted by Gasteiger charge is -2.02. The molecule has 0 spiro atoms. The second-order valence-corrected chi connectivity index (χ2v) is 5.29. The normalized spacial score (nSPS) is 11.1. The summed E-state index contributed by atoms with van der Waals surface area (Å²) in [5.74, 6) is 0. The minimum absolute atomic E-state index is 0.585. The van der Waals surface area contributed by atoms with Crippen molar-refractivity contribution in [3.05, 3.63) is 67.6 Å². The predicted octanol–water partition coefficient (Wildman–Crippen LogP) is 6.47. The summed E-state index contributed by atoms with van der Waals surface area (Å²) in [6, 6.07) is 10.7. The maximum absolute atomic E-state index is 6.07. The fourth-order valence-corrected chi connectivity index (χ4v) is 2.47. The van der Waals surface area contributed by atoms with Crippen molar-refractivity contribution < 1.29 is 0 Å². The fraction of sp³-hybridized carbons (Fsp3) is 0. The van der Waals surface area contributed by atoms with Crippen LogP contribution in [0.3, 0.4) is 0 Å². The Bertz CT molecular complexity index is 582. The Kier molecular flexibility index (Phi) is 4.58. The van der Waals surface area contributed by atoms with Gasteiger partial charge in [0.2, 0.25) is 0 Å². The molecule has 0 bridgehead atoms. The van der Waals surface area contributed by atoms with E-state index < -0.39 is 0 Å². The highest BCUT2D eigenvalue weighted by molar-refractivity contribution is 6.37. The molecular weight excluding hydrogens is 310 g/mol. The third kappa shape index (κ3) is 3.21. The molecule has 92 valence electrons. The quantitative estimate of drug-likeness (QED) is 0.557. The minimum atomic E-state index is 0.585. The summed E-state index contributed by atoms with van der Waals surface area (Å²) in [7, 11) is 0. The first-order valence-electron chi connectivity index (χ1n) is 5.15. The third-order valence-electron chi connectivity index (χ3n) is 2.39. The maximum atomic E-state index is 6.07. The summed E-state index contributed by atoms with van der Waals surface area (Å²) < 4.78 is 0. The zero-order valence-electron chi connectivity index (χ0n) is 9.13. The van der Waals surface area contributed by atoms with E-state index in [1.807, 2.05) is 18.2 Å². The second kappa shape index (κ2) is 5.99. The van der Waals surface area contributed by atoms with Gasteiger partial charge in [-0.1, -0.05) is 70.7 Å². The zero-order valence-corrected chi connectivity index (χ0v) is 12.2. The summed E-state index contributed by atoms with van der Waals surface area (Å²) in [5.41, 5.74) is 1.63. The molecule has 2 aromatic carbocycles. The molecule has 2 aromatic rings. The van der Waals surface area contributed by atoms with Gasteiger partial charge in [-0.25, -0.2) is 0 Å². The Balaban J connectivity index is 2.36. The molecule has 0 radical (unpaired) electrons. The van der Waals surface area contributed by atoms with Crippen LogP contribution in [0.5, 0.6) is 0 Å². The molecule has 0 aliphatic rings. The summed E-state index contributed by atoms with van der Waals surface area (Å²) in [4.78, 5) is 0. The molecule has 2 rings (SSSR count). The Morgan fingerprint density at radius 3 is 2.00 bits per heavy atom. The molecule has 18 heavy (non-hydrogen) atoms. The van der Waals surface area contributed by atoms with Crippen molar-refractivity contribution in [1.82, 2.24) is 0 Å². The van der Waals surface area contributed by atoms with Crippen LogP contribution >= 0.6 is 46.4 Å². The van der Waals surface area contributed by atoms with Crippen LogP contribution in [0.15, 0.2) is 36.4 Å². The van der Waals surface area contributed by atoms with E-state index >= 15 is 0 Å². The first-order valence-corrected chi connectivity index (χ1v) is 6.66. The van der Waals surface area contributed by atoms with Gasteiger partial charge >= 0.3 is 0 Å². The van der Waals surface area contributed by atoms with Crippen LogP contribution in [-0.4, -0.2) is 0 Å². The predicted molar refractivity (Wildman–Crippen MR) is 81.9 cm³/mol. The lowest BCUT2D eigenvalue weighted by atomic mass is 10.1. The van der Waals surface area contributed by atoms with Crippen molar-refractivity contribution >= 4 is 58.6 Å². The standard InChI is InChI=1S/C14H8Cl4/c15-10-6-4-9(14(18)8-10)5-7-11-12(16)2-1-3-13(11)17/h1-8H/b7-5+. The first-order chi connectivity index (χ1) is 8.58. The lowest BCUT2D eigenvalue weighted by molar-refractivity contribution is 1.64. The van der Waals surface area contributed by atoms with Crippen LogP contribution in [0.25, 0.3) is 12.2 Å². The average molecular weight is 318 g/mol. The molecule has 0 aromatic heterocycles. The summed E-state index contributed by atoms with van der Waals surface area (Å²) in [5, 5.41) is 2.39. The zero-order chi connectivity index (χ0) is 13.1. The Labute approximate surface area is 126 Å². The van der Waals surface area contributed by atoms with E-state index in [-0.39, 0.29) is 0 Å². The SMILES string of the molecule is Clc1ccc(/C=C/c2c(Cl)cccc2Cl)c(Cl)c1. The average Bonchev–Trinajstić information content (AvgIpc) is 2.31. The minimum Gasteiger partial charge on any atom is -0.0843 e. The van der Waals surface area contributed by atoms with Gasteiger partial charge in [0.15, 0.2) is 0 Å². The molecule has 0 nitrogen and oxygen atoms in total. The van der Waals surface area contributed by atoms with Crippen LogP contribution < -0.4 is 0 Å². The van der Waals surface area contributed by atoms with Crippen LogP contribution in [0.2, 0.25) is 20.1 Å². The lowest BCUT2D eigenvalue weighted by Crippen LogP contribution is -1.79. The van der Waals surface area contributed by atoms with E-state index in [1.54, 1.807) is 30.3 Å².